The molecule has 1 aromatic carbocycles. The number of carbonyl (C=O) groups is 2. The van der Waals surface area contributed by atoms with Crippen LogP contribution in [0.4, 0.5) is 11.4 Å². The lowest BCUT2D eigenvalue weighted by molar-refractivity contribution is -0.115. The van der Waals surface area contributed by atoms with Crippen LogP contribution in [0.3, 0.4) is 0 Å². The van der Waals surface area contributed by atoms with Gasteiger partial charge in [0.05, 0.1) is 24.5 Å². The number of aromatic amines is 1. The Bertz CT molecular complexity index is 718. The van der Waals surface area contributed by atoms with Gasteiger partial charge in [-0.3, -0.25) is 9.59 Å². The third-order valence-electron chi connectivity index (χ3n) is 3.64. The number of para-hydroxylation sites is 2. The number of hydrogen-bond donors (Lipinski definition) is 2. The van der Waals surface area contributed by atoms with Crippen LogP contribution in [0.5, 0.6) is 0 Å². The topological polar surface area (TPSA) is 65.2 Å². The van der Waals surface area contributed by atoms with Crippen molar-refractivity contribution in [3.8, 4) is 0 Å². The Morgan fingerprint density at radius 1 is 1.29 bits per heavy atom. The average molecular weight is 283 g/mol. The molecule has 1 aromatic heterocycles. The van der Waals surface area contributed by atoms with Crippen LogP contribution < -0.4 is 10.2 Å². The predicted octanol–water partition coefficient (Wildman–Crippen LogP) is 2.27. The number of ketones is 1. The van der Waals surface area contributed by atoms with E-state index in [0.717, 1.165) is 22.8 Å². The summed E-state index contributed by atoms with van der Waals surface area (Å²) in [4.78, 5) is 29.2. The summed E-state index contributed by atoms with van der Waals surface area (Å²) in [5.41, 5.74) is 4.16. The van der Waals surface area contributed by atoms with Crippen molar-refractivity contribution in [2.24, 2.45) is 0 Å². The average Bonchev–Trinajstić information content (AvgIpc) is 2.77. The highest BCUT2D eigenvalue weighted by Gasteiger charge is 2.24. The van der Waals surface area contributed by atoms with Gasteiger partial charge in [-0.05, 0) is 32.0 Å². The Balaban J connectivity index is 1.87. The molecule has 0 saturated carbocycles. The molecule has 5 heteroatoms. The van der Waals surface area contributed by atoms with E-state index in [4.69, 9.17) is 0 Å². The second-order valence-electron chi connectivity index (χ2n) is 5.34. The number of aromatic nitrogens is 1. The SMILES string of the molecule is Cc1cc(C(=O)CN2CC(=O)Nc3ccccc32)c(C)[nH]1. The fourth-order valence-electron chi connectivity index (χ4n) is 2.72. The Kier molecular flexibility index (Phi) is 3.25. The lowest BCUT2D eigenvalue weighted by atomic mass is 10.1. The molecule has 1 amide bonds. The second kappa shape index (κ2) is 5.09. The molecular weight excluding hydrogens is 266 g/mol. The summed E-state index contributed by atoms with van der Waals surface area (Å²) in [6, 6.07) is 9.38. The van der Waals surface area contributed by atoms with E-state index in [1.807, 2.05) is 49.1 Å². The van der Waals surface area contributed by atoms with Crippen molar-refractivity contribution in [3.63, 3.8) is 0 Å². The number of hydrogen-bond acceptors (Lipinski definition) is 3. The number of amides is 1. The van der Waals surface area contributed by atoms with Gasteiger partial charge in [-0.2, -0.15) is 0 Å². The molecule has 0 aliphatic carbocycles. The summed E-state index contributed by atoms with van der Waals surface area (Å²) < 4.78 is 0. The molecule has 2 aromatic rings. The molecule has 1 aliphatic rings. The second-order valence-corrected chi connectivity index (χ2v) is 5.34. The number of carbonyl (C=O) groups excluding carboxylic acids is 2. The minimum Gasteiger partial charge on any atom is -0.362 e. The van der Waals surface area contributed by atoms with E-state index in [1.165, 1.54) is 0 Å². The molecule has 21 heavy (non-hydrogen) atoms. The van der Waals surface area contributed by atoms with Crippen LogP contribution in [0.15, 0.2) is 30.3 Å². The van der Waals surface area contributed by atoms with E-state index in [-0.39, 0.29) is 24.8 Å². The predicted molar refractivity (Wildman–Crippen MR) is 81.9 cm³/mol. The van der Waals surface area contributed by atoms with E-state index >= 15 is 0 Å². The molecule has 0 bridgehead atoms. The Morgan fingerprint density at radius 2 is 2.05 bits per heavy atom. The molecule has 0 atom stereocenters. The monoisotopic (exact) mass is 283 g/mol. The molecule has 5 nitrogen and oxygen atoms in total. The standard InChI is InChI=1S/C16H17N3O2/c1-10-7-12(11(2)17-10)15(20)8-19-9-16(21)18-13-5-3-4-6-14(13)19/h3-7,17H,8-9H2,1-2H3,(H,18,21). The first-order valence-corrected chi connectivity index (χ1v) is 6.88. The maximum absolute atomic E-state index is 12.5. The van der Waals surface area contributed by atoms with Gasteiger partial charge in [0.1, 0.15) is 0 Å². The molecule has 108 valence electrons. The molecule has 0 unspecified atom stereocenters. The summed E-state index contributed by atoms with van der Waals surface area (Å²) >= 11 is 0. The molecule has 3 rings (SSSR count). The molecule has 0 radical (unpaired) electrons. The number of nitrogens with one attached hydrogen (secondary N) is 2. The van der Waals surface area contributed by atoms with Gasteiger partial charge in [0.2, 0.25) is 5.91 Å². The van der Waals surface area contributed by atoms with Crippen LogP contribution in [-0.4, -0.2) is 29.8 Å². The van der Waals surface area contributed by atoms with Crippen molar-refractivity contribution in [2.75, 3.05) is 23.3 Å². The molecular formula is C16H17N3O2. The van der Waals surface area contributed by atoms with Crippen LogP contribution in [0.25, 0.3) is 0 Å². The summed E-state index contributed by atoms with van der Waals surface area (Å²) in [6.07, 6.45) is 0. The maximum atomic E-state index is 12.5. The Hall–Kier alpha value is -2.56. The number of fused-ring (bicyclic) bond motifs is 1. The largest absolute Gasteiger partial charge is 0.362 e. The third-order valence-corrected chi connectivity index (χ3v) is 3.64. The number of Topliss-reactive ketones (excluding diaryl/α,β-unsaturated/α-hetero) is 1. The quantitative estimate of drug-likeness (QED) is 0.849. The minimum absolute atomic E-state index is 0.0151. The first kappa shape index (κ1) is 13.4. The molecule has 2 heterocycles. The van der Waals surface area contributed by atoms with Crippen molar-refractivity contribution in [3.05, 3.63) is 47.3 Å². The lowest BCUT2D eigenvalue weighted by Gasteiger charge is -2.30. The smallest absolute Gasteiger partial charge is 0.243 e. The zero-order chi connectivity index (χ0) is 15.0. The molecule has 1 aliphatic heterocycles. The van der Waals surface area contributed by atoms with E-state index < -0.39 is 0 Å². The highest BCUT2D eigenvalue weighted by atomic mass is 16.2. The van der Waals surface area contributed by atoms with Crippen LogP contribution in [-0.2, 0) is 4.79 Å². The fourth-order valence-corrected chi connectivity index (χ4v) is 2.72. The highest BCUT2D eigenvalue weighted by Crippen LogP contribution is 2.29. The van der Waals surface area contributed by atoms with Crippen molar-refractivity contribution < 1.29 is 9.59 Å². The zero-order valence-electron chi connectivity index (χ0n) is 12.1. The Morgan fingerprint density at radius 3 is 2.76 bits per heavy atom. The van der Waals surface area contributed by atoms with Gasteiger partial charge < -0.3 is 15.2 Å². The summed E-state index contributed by atoms with van der Waals surface area (Å²) in [5, 5.41) is 2.82. The molecule has 2 N–H and O–H groups in total. The summed E-state index contributed by atoms with van der Waals surface area (Å²) in [7, 11) is 0. The van der Waals surface area contributed by atoms with E-state index in [0.29, 0.717) is 5.56 Å². The molecule has 0 fully saturated rings. The maximum Gasteiger partial charge on any atom is 0.243 e. The van der Waals surface area contributed by atoms with Gasteiger partial charge in [0.25, 0.3) is 0 Å². The summed E-state index contributed by atoms with van der Waals surface area (Å²) in [5.74, 6) is -0.0789. The molecule has 0 spiro atoms. The number of rotatable bonds is 3. The number of H-pyrrole nitrogens is 1. The van der Waals surface area contributed by atoms with Crippen LogP contribution in [0.2, 0.25) is 0 Å². The van der Waals surface area contributed by atoms with Gasteiger partial charge >= 0.3 is 0 Å². The molecule has 0 saturated heterocycles. The van der Waals surface area contributed by atoms with E-state index in [2.05, 4.69) is 10.3 Å². The normalized spacial score (nSPS) is 13.8. The van der Waals surface area contributed by atoms with Gasteiger partial charge in [0, 0.05) is 17.0 Å². The first-order chi connectivity index (χ1) is 10.0. The van der Waals surface area contributed by atoms with E-state index in [9.17, 15) is 9.59 Å². The van der Waals surface area contributed by atoms with Crippen molar-refractivity contribution in [1.29, 1.82) is 0 Å². The van der Waals surface area contributed by atoms with Crippen molar-refractivity contribution >= 4 is 23.1 Å². The highest BCUT2D eigenvalue weighted by molar-refractivity contribution is 6.05. The van der Waals surface area contributed by atoms with Crippen molar-refractivity contribution in [2.45, 2.75) is 13.8 Å². The van der Waals surface area contributed by atoms with Gasteiger partial charge in [-0.1, -0.05) is 12.1 Å². The first-order valence-electron chi connectivity index (χ1n) is 6.88. The minimum atomic E-state index is -0.0940. The van der Waals surface area contributed by atoms with Crippen molar-refractivity contribution in [1.82, 2.24) is 4.98 Å². The fraction of sp³-hybridized carbons (Fsp3) is 0.250. The summed E-state index contributed by atoms with van der Waals surface area (Å²) in [6.45, 7) is 4.21. The Labute approximate surface area is 123 Å². The number of aryl methyl sites for hydroxylation is 2. The van der Waals surface area contributed by atoms with Gasteiger partial charge in [-0.25, -0.2) is 0 Å². The number of benzene rings is 1. The number of nitrogens with zero attached hydrogens (tertiary/aromatic N) is 1. The zero-order valence-corrected chi connectivity index (χ0v) is 12.1. The van der Waals surface area contributed by atoms with Gasteiger partial charge in [-0.15, -0.1) is 0 Å². The number of anilines is 2. The van der Waals surface area contributed by atoms with E-state index in [1.54, 1.807) is 0 Å². The van der Waals surface area contributed by atoms with Crippen LogP contribution >= 0.6 is 0 Å². The van der Waals surface area contributed by atoms with Crippen LogP contribution in [0, 0.1) is 13.8 Å². The van der Waals surface area contributed by atoms with Gasteiger partial charge in [0.15, 0.2) is 5.78 Å². The third kappa shape index (κ3) is 2.54. The van der Waals surface area contributed by atoms with Crippen LogP contribution in [0.1, 0.15) is 21.7 Å². The lowest BCUT2D eigenvalue weighted by Crippen LogP contribution is -2.41.